The monoisotopic (exact) mass is 356 g/mol. The van der Waals surface area contributed by atoms with Crippen LogP contribution in [0.15, 0.2) is 42.6 Å². The van der Waals surface area contributed by atoms with E-state index in [1.54, 1.807) is 0 Å². The maximum absolute atomic E-state index is 11.7. The number of nitrogens with one attached hydrogen (secondary N) is 1. The Kier molecular flexibility index (Phi) is 7.42. The van der Waals surface area contributed by atoms with Crippen molar-refractivity contribution >= 4 is 23.4 Å². The van der Waals surface area contributed by atoms with Gasteiger partial charge in [-0.1, -0.05) is 36.8 Å². The van der Waals surface area contributed by atoms with Crippen LogP contribution in [0.25, 0.3) is 0 Å². The van der Waals surface area contributed by atoms with Crippen LogP contribution in [0.4, 0.5) is 11.5 Å². The van der Waals surface area contributed by atoms with Crippen LogP contribution in [0.2, 0.25) is 0 Å². The van der Waals surface area contributed by atoms with Crippen molar-refractivity contribution < 1.29 is 14.3 Å². The molecular formula is C19H24N4O3. The smallest absolute Gasteiger partial charge is 0.306 e. The first-order chi connectivity index (χ1) is 12.6. The van der Waals surface area contributed by atoms with Crippen LogP contribution in [0.5, 0.6) is 0 Å². The topological polar surface area (TPSA) is 120 Å². The summed E-state index contributed by atoms with van der Waals surface area (Å²) >= 11 is 0. The fraction of sp³-hybridized carbons (Fsp3) is 0.316. The highest BCUT2D eigenvalue weighted by molar-refractivity contribution is 5.94. The van der Waals surface area contributed by atoms with E-state index in [4.69, 9.17) is 16.2 Å². The fourth-order valence-corrected chi connectivity index (χ4v) is 2.35. The maximum atomic E-state index is 11.7. The van der Waals surface area contributed by atoms with Crippen molar-refractivity contribution in [2.45, 2.75) is 32.3 Å². The minimum absolute atomic E-state index is 0.185. The number of unbranched alkanes of at least 4 members (excludes halogenated alkanes) is 2. The van der Waals surface area contributed by atoms with E-state index in [1.165, 1.54) is 12.3 Å². The summed E-state index contributed by atoms with van der Waals surface area (Å²) in [6.45, 7) is 0.986. The summed E-state index contributed by atoms with van der Waals surface area (Å²) in [5.41, 5.74) is 12.6. The molecule has 0 saturated carbocycles. The molecule has 1 aromatic heterocycles. The second-order valence-corrected chi connectivity index (χ2v) is 5.91. The van der Waals surface area contributed by atoms with Gasteiger partial charge in [0.2, 0.25) is 5.91 Å². The Hall–Kier alpha value is -3.09. The third-order valence-corrected chi connectivity index (χ3v) is 3.79. The third-order valence-electron chi connectivity index (χ3n) is 3.79. The molecule has 0 saturated heterocycles. The van der Waals surface area contributed by atoms with Gasteiger partial charge in [0.15, 0.2) is 0 Å². The highest BCUT2D eigenvalue weighted by atomic mass is 16.5. The number of anilines is 2. The van der Waals surface area contributed by atoms with Gasteiger partial charge in [-0.25, -0.2) is 4.98 Å². The summed E-state index contributed by atoms with van der Waals surface area (Å²) in [4.78, 5) is 26.8. The van der Waals surface area contributed by atoms with Crippen LogP contribution in [-0.2, 0) is 16.1 Å². The lowest BCUT2D eigenvalue weighted by molar-refractivity contribution is -0.145. The van der Waals surface area contributed by atoms with Crippen molar-refractivity contribution in [3.8, 4) is 0 Å². The zero-order chi connectivity index (χ0) is 18.8. The number of rotatable bonds is 10. The highest BCUT2D eigenvalue weighted by Gasteiger charge is 2.06. The number of hydrogen-bond donors (Lipinski definition) is 3. The number of benzene rings is 1. The highest BCUT2D eigenvalue weighted by Crippen LogP contribution is 2.16. The third kappa shape index (κ3) is 6.43. The lowest BCUT2D eigenvalue weighted by atomic mass is 10.2. The lowest BCUT2D eigenvalue weighted by Gasteiger charge is -2.09. The molecule has 7 heteroatoms. The molecule has 1 aromatic carbocycles. The summed E-state index contributed by atoms with van der Waals surface area (Å²) in [5.74, 6) is -0.220. The molecule has 26 heavy (non-hydrogen) atoms. The number of nitrogens with two attached hydrogens (primary N) is 2. The second kappa shape index (κ2) is 10.0. The normalized spacial score (nSPS) is 10.3. The van der Waals surface area contributed by atoms with E-state index < -0.39 is 5.91 Å². The number of primary amides is 1. The molecule has 0 bridgehead atoms. The molecule has 1 amide bonds. The van der Waals surface area contributed by atoms with Gasteiger partial charge in [0, 0.05) is 19.2 Å². The minimum atomic E-state index is -0.560. The van der Waals surface area contributed by atoms with Crippen LogP contribution in [0.1, 0.15) is 41.6 Å². The molecule has 2 aromatic rings. The number of pyridine rings is 1. The molecule has 2 rings (SSSR count). The molecule has 0 aliphatic heterocycles. The van der Waals surface area contributed by atoms with Gasteiger partial charge in [0.25, 0.3) is 0 Å². The van der Waals surface area contributed by atoms with E-state index in [-0.39, 0.29) is 11.5 Å². The number of ether oxygens (including phenoxy) is 1. The number of carbonyl (C=O) groups is 2. The predicted octanol–water partition coefficient (Wildman–Crippen LogP) is 2.48. The number of esters is 1. The van der Waals surface area contributed by atoms with Gasteiger partial charge in [-0.05, 0) is 24.5 Å². The summed E-state index contributed by atoms with van der Waals surface area (Å²) in [6, 6.07) is 11.1. The molecule has 7 nitrogen and oxygen atoms in total. The SMILES string of the molecule is NC(=O)c1cnc(NCCCCCC(=O)OCc2ccccc2)c(N)c1. The lowest BCUT2D eigenvalue weighted by Crippen LogP contribution is -2.13. The van der Waals surface area contributed by atoms with Gasteiger partial charge in [-0.3, -0.25) is 9.59 Å². The first-order valence-electron chi connectivity index (χ1n) is 8.55. The summed E-state index contributed by atoms with van der Waals surface area (Å²) in [5, 5.41) is 3.11. The molecule has 5 N–H and O–H groups in total. The van der Waals surface area contributed by atoms with Crippen molar-refractivity contribution in [2.24, 2.45) is 5.73 Å². The largest absolute Gasteiger partial charge is 0.461 e. The Balaban J connectivity index is 1.58. The van der Waals surface area contributed by atoms with Crippen molar-refractivity contribution in [1.29, 1.82) is 0 Å². The van der Waals surface area contributed by atoms with E-state index in [2.05, 4.69) is 10.3 Å². The van der Waals surface area contributed by atoms with E-state index in [0.717, 1.165) is 24.8 Å². The van der Waals surface area contributed by atoms with Gasteiger partial charge in [-0.2, -0.15) is 0 Å². The Morgan fingerprint density at radius 3 is 2.58 bits per heavy atom. The Bertz CT molecular complexity index is 735. The first kappa shape index (κ1) is 19.2. The average molecular weight is 356 g/mol. The number of nitrogens with zero attached hydrogens (tertiary/aromatic N) is 1. The molecule has 0 fully saturated rings. The molecule has 0 atom stereocenters. The number of amides is 1. The van der Waals surface area contributed by atoms with Gasteiger partial charge in [-0.15, -0.1) is 0 Å². The summed E-state index contributed by atoms with van der Waals surface area (Å²) < 4.78 is 5.23. The van der Waals surface area contributed by atoms with Crippen LogP contribution in [0.3, 0.4) is 0 Å². The van der Waals surface area contributed by atoms with E-state index >= 15 is 0 Å². The van der Waals surface area contributed by atoms with Crippen molar-refractivity contribution in [2.75, 3.05) is 17.6 Å². The van der Waals surface area contributed by atoms with Gasteiger partial charge in [0.05, 0.1) is 11.3 Å². The quantitative estimate of drug-likeness (QED) is 0.444. The molecule has 0 radical (unpaired) electrons. The van der Waals surface area contributed by atoms with E-state index in [1.807, 2.05) is 30.3 Å². The molecule has 0 spiro atoms. The van der Waals surface area contributed by atoms with Crippen molar-refractivity contribution in [3.63, 3.8) is 0 Å². The number of aromatic nitrogens is 1. The molecular weight excluding hydrogens is 332 g/mol. The zero-order valence-electron chi connectivity index (χ0n) is 14.6. The fourth-order valence-electron chi connectivity index (χ4n) is 2.35. The number of hydrogen-bond acceptors (Lipinski definition) is 6. The van der Waals surface area contributed by atoms with E-state index in [9.17, 15) is 9.59 Å². The van der Waals surface area contributed by atoms with Crippen molar-refractivity contribution in [1.82, 2.24) is 4.98 Å². The van der Waals surface area contributed by atoms with Crippen LogP contribution in [0, 0.1) is 0 Å². The Morgan fingerprint density at radius 1 is 1.12 bits per heavy atom. The van der Waals surface area contributed by atoms with Gasteiger partial charge >= 0.3 is 5.97 Å². The summed E-state index contributed by atoms with van der Waals surface area (Å²) in [7, 11) is 0. The zero-order valence-corrected chi connectivity index (χ0v) is 14.6. The van der Waals surface area contributed by atoms with E-state index in [0.29, 0.717) is 31.1 Å². The van der Waals surface area contributed by atoms with Crippen LogP contribution < -0.4 is 16.8 Å². The first-order valence-corrected chi connectivity index (χ1v) is 8.55. The average Bonchev–Trinajstić information content (AvgIpc) is 2.64. The predicted molar refractivity (Wildman–Crippen MR) is 100 cm³/mol. The van der Waals surface area contributed by atoms with Gasteiger partial charge < -0.3 is 21.5 Å². The summed E-state index contributed by atoms with van der Waals surface area (Å²) in [6.07, 6.45) is 4.31. The molecule has 0 aliphatic carbocycles. The minimum Gasteiger partial charge on any atom is -0.461 e. The van der Waals surface area contributed by atoms with Crippen LogP contribution in [-0.4, -0.2) is 23.4 Å². The Labute approximate surface area is 152 Å². The number of carbonyl (C=O) groups excluding carboxylic acids is 2. The molecule has 0 unspecified atom stereocenters. The van der Waals surface area contributed by atoms with Crippen LogP contribution >= 0.6 is 0 Å². The second-order valence-electron chi connectivity index (χ2n) is 5.91. The van der Waals surface area contributed by atoms with Gasteiger partial charge in [0.1, 0.15) is 12.4 Å². The molecule has 0 aliphatic rings. The molecule has 138 valence electrons. The Morgan fingerprint density at radius 2 is 1.88 bits per heavy atom. The standard InChI is InChI=1S/C19H24N4O3/c20-16-11-15(18(21)25)12-23-19(16)22-10-6-2-5-9-17(24)26-13-14-7-3-1-4-8-14/h1,3-4,7-8,11-12H,2,5-6,9-10,13,20H2,(H2,21,25)(H,22,23). The maximum Gasteiger partial charge on any atom is 0.306 e. The number of nitrogen functional groups attached to an aromatic ring is 1. The molecule has 1 heterocycles. The van der Waals surface area contributed by atoms with Crippen molar-refractivity contribution in [3.05, 3.63) is 53.7 Å².